The maximum atomic E-state index is 4.10. The van der Waals surface area contributed by atoms with E-state index in [4.69, 9.17) is 0 Å². The van der Waals surface area contributed by atoms with Crippen LogP contribution in [-0.4, -0.2) is 0 Å². The second kappa shape index (κ2) is 4.05. The summed E-state index contributed by atoms with van der Waals surface area (Å²) in [5.41, 5.74) is 6.18. The fourth-order valence-corrected chi connectivity index (χ4v) is 1.50. The molecule has 1 aromatic carbocycles. The molecule has 0 aliphatic carbocycles. The molecule has 1 aliphatic heterocycles. The molecular formula is C11H13N3+. The lowest BCUT2D eigenvalue weighted by molar-refractivity contribution is 0.718. The molecule has 0 fully saturated rings. The topological polar surface area (TPSA) is 38.5 Å². The molecule has 0 amide bonds. The van der Waals surface area contributed by atoms with Crippen molar-refractivity contribution in [3.05, 3.63) is 41.6 Å². The monoisotopic (exact) mass is 187 g/mol. The van der Waals surface area contributed by atoms with Crippen LogP contribution in [0.5, 0.6) is 0 Å². The highest BCUT2D eigenvalue weighted by molar-refractivity contribution is 5.67. The Balaban J connectivity index is 2.32. The van der Waals surface area contributed by atoms with Gasteiger partial charge in [-0.05, 0) is 6.42 Å². The van der Waals surface area contributed by atoms with Gasteiger partial charge in [-0.25, -0.2) is 0 Å². The van der Waals surface area contributed by atoms with Gasteiger partial charge in [-0.3, -0.25) is 0 Å². The number of nitrogens with one attached hydrogen (secondary N) is 1. The van der Waals surface area contributed by atoms with Gasteiger partial charge in [0.25, 0.3) is 0 Å². The highest BCUT2D eigenvalue weighted by atomic mass is 15.5. The Labute approximate surface area is 83.5 Å². The first-order chi connectivity index (χ1) is 6.92. The zero-order valence-corrected chi connectivity index (χ0v) is 8.20. The van der Waals surface area contributed by atoms with Gasteiger partial charge in [-0.15, -0.1) is 0 Å². The molecule has 0 bridgehead atoms. The molecule has 1 N–H and O–H groups in total. The van der Waals surface area contributed by atoms with Crippen LogP contribution >= 0.6 is 0 Å². The zero-order valence-electron chi connectivity index (χ0n) is 8.20. The predicted molar refractivity (Wildman–Crippen MR) is 56.0 cm³/mol. The minimum absolute atomic E-state index is 0.979. The van der Waals surface area contributed by atoms with Gasteiger partial charge in [0.15, 0.2) is 5.70 Å². The highest BCUT2D eigenvalue weighted by Crippen LogP contribution is 2.22. The normalized spacial score (nSPS) is 14.6. The maximum absolute atomic E-state index is 4.10. The Morgan fingerprint density at radius 1 is 1.29 bits per heavy atom. The number of allylic oxidation sites excluding steroid dienone is 1. The van der Waals surface area contributed by atoms with Crippen molar-refractivity contribution in [2.45, 2.75) is 19.8 Å². The number of nitrogens with zero attached hydrogens (tertiary/aromatic N) is 2. The minimum Gasteiger partial charge on any atom is -0.0728 e. The summed E-state index contributed by atoms with van der Waals surface area (Å²) in [6, 6.07) is 10.1. The highest BCUT2D eigenvalue weighted by Gasteiger charge is 2.21. The molecule has 1 aromatic rings. The van der Waals surface area contributed by atoms with Crippen molar-refractivity contribution in [3.63, 3.8) is 0 Å². The van der Waals surface area contributed by atoms with Gasteiger partial charge < -0.3 is 0 Å². The molecule has 1 aliphatic rings. The van der Waals surface area contributed by atoms with Crippen LogP contribution in [0.2, 0.25) is 0 Å². The Bertz CT molecular complexity index is 365. The molecule has 0 unspecified atom stereocenters. The molecule has 0 atom stereocenters. The molecule has 3 heteroatoms. The number of rotatable bonds is 3. The van der Waals surface area contributed by atoms with Gasteiger partial charge in [0.05, 0.1) is 0 Å². The summed E-state index contributed by atoms with van der Waals surface area (Å²) in [4.78, 5) is 0. The smallest absolute Gasteiger partial charge is 0.0728 e. The number of hydrogen-bond donors (Lipinski definition) is 1. The van der Waals surface area contributed by atoms with Crippen molar-refractivity contribution >= 4 is 5.70 Å². The van der Waals surface area contributed by atoms with Crippen LogP contribution in [0.25, 0.3) is 5.70 Å². The molecule has 2 rings (SSSR count). The van der Waals surface area contributed by atoms with E-state index in [1.165, 1.54) is 0 Å². The van der Waals surface area contributed by atoms with Crippen molar-refractivity contribution in [1.82, 2.24) is 10.6 Å². The molecule has 0 saturated carbocycles. The van der Waals surface area contributed by atoms with E-state index in [0.29, 0.717) is 0 Å². The zero-order chi connectivity index (χ0) is 9.80. The van der Waals surface area contributed by atoms with Gasteiger partial charge in [-0.2, -0.15) is 0 Å². The molecule has 0 aromatic heterocycles. The van der Waals surface area contributed by atoms with Gasteiger partial charge in [0.2, 0.25) is 0 Å². The van der Waals surface area contributed by atoms with E-state index in [2.05, 4.69) is 34.8 Å². The molecule has 3 nitrogen and oxygen atoms in total. The Hall–Kier alpha value is -1.64. The molecular weight excluding hydrogens is 174 g/mol. The van der Waals surface area contributed by atoms with E-state index in [1.807, 2.05) is 18.2 Å². The lowest BCUT2D eigenvalue weighted by Crippen LogP contribution is -2.09. The number of benzene rings is 1. The lowest BCUT2D eigenvalue weighted by atomic mass is 10.1. The van der Waals surface area contributed by atoms with Crippen LogP contribution in [0.15, 0.2) is 41.1 Å². The minimum atomic E-state index is 0.979. The number of hydrogen-bond acceptors (Lipinski definition) is 3. The van der Waals surface area contributed by atoms with Crippen LogP contribution in [0.3, 0.4) is 0 Å². The third-order valence-corrected chi connectivity index (χ3v) is 2.17. The van der Waals surface area contributed by atoms with E-state index in [0.717, 1.165) is 29.8 Å². The van der Waals surface area contributed by atoms with Gasteiger partial charge >= 0.3 is 5.22 Å². The first kappa shape index (κ1) is 8.94. The summed E-state index contributed by atoms with van der Waals surface area (Å²) in [6.45, 7) is 2.15. The quantitative estimate of drug-likeness (QED) is 0.775. The van der Waals surface area contributed by atoms with Crippen LogP contribution in [0, 0.1) is 0 Å². The maximum Gasteiger partial charge on any atom is 0.330 e. The summed E-state index contributed by atoms with van der Waals surface area (Å²) in [7, 11) is 0. The summed E-state index contributed by atoms with van der Waals surface area (Å²) in [5, 5.41) is 7.94. The summed E-state index contributed by atoms with van der Waals surface area (Å²) in [5.74, 6) is 0. The molecule has 71 valence electrons. The van der Waals surface area contributed by atoms with Crippen molar-refractivity contribution < 1.29 is 0 Å². The second-order valence-electron chi connectivity index (χ2n) is 3.25. The molecule has 1 radical (unpaired) electrons. The molecule has 1 heterocycles. The van der Waals surface area contributed by atoms with Gasteiger partial charge in [-0.1, -0.05) is 49.1 Å². The fourth-order valence-electron chi connectivity index (χ4n) is 1.50. The van der Waals surface area contributed by atoms with Gasteiger partial charge in [0.1, 0.15) is 10.8 Å². The van der Waals surface area contributed by atoms with E-state index in [-0.39, 0.29) is 0 Å². The lowest BCUT2D eigenvalue weighted by Gasteiger charge is -1.97. The summed E-state index contributed by atoms with van der Waals surface area (Å²) < 4.78 is 0. The molecule has 0 spiro atoms. The second-order valence-corrected chi connectivity index (χ2v) is 3.25. The summed E-state index contributed by atoms with van der Waals surface area (Å²) in [6.07, 6.45) is 2.10. The van der Waals surface area contributed by atoms with E-state index >= 15 is 0 Å². The average molecular weight is 187 g/mol. The first-order valence-corrected chi connectivity index (χ1v) is 4.87. The van der Waals surface area contributed by atoms with Crippen molar-refractivity contribution in [2.24, 2.45) is 5.11 Å². The first-order valence-electron chi connectivity index (χ1n) is 4.87. The van der Waals surface area contributed by atoms with Crippen LogP contribution in [0.1, 0.15) is 25.3 Å². The van der Waals surface area contributed by atoms with Crippen molar-refractivity contribution in [1.29, 1.82) is 0 Å². The van der Waals surface area contributed by atoms with E-state index in [9.17, 15) is 0 Å². The van der Waals surface area contributed by atoms with Crippen LogP contribution in [-0.2, 0) is 0 Å². The van der Waals surface area contributed by atoms with Crippen molar-refractivity contribution in [2.75, 3.05) is 0 Å². The molecule has 14 heavy (non-hydrogen) atoms. The third kappa shape index (κ3) is 1.66. The van der Waals surface area contributed by atoms with Crippen LogP contribution in [0.4, 0.5) is 0 Å². The van der Waals surface area contributed by atoms with E-state index < -0.39 is 0 Å². The Morgan fingerprint density at radius 2 is 2.07 bits per heavy atom. The average Bonchev–Trinajstić information content (AvgIpc) is 2.68. The van der Waals surface area contributed by atoms with E-state index in [1.54, 1.807) is 0 Å². The fraction of sp³-hybridized carbons (Fsp3) is 0.273. The SMILES string of the molecule is CCCC1=C(c2ccccc2)N=[N+]N1. The van der Waals surface area contributed by atoms with Crippen molar-refractivity contribution in [3.8, 4) is 0 Å². The van der Waals surface area contributed by atoms with Gasteiger partial charge in [0, 0.05) is 5.56 Å². The standard InChI is InChI=1S/C11H13N3/c1-2-6-10-11(13-14-12-10)9-7-4-3-5-8-9/h3-5,7-8H,2,6H2,1H3,(H,12,13)/q+1. The Kier molecular flexibility index (Phi) is 2.58. The predicted octanol–water partition coefficient (Wildman–Crippen LogP) is 2.46. The summed E-state index contributed by atoms with van der Waals surface area (Å²) >= 11 is 0. The third-order valence-electron chi connectivity index (χ3n) is 2.17. The largest absolute Gasteiger partial charge is 0.330 e. The van der Waals surface area contributed by atoms with Crippen LogP contribution < -0.4 is 10.6 Å². The Morgan fingerprint density at radius 3 is 2.79 bits per heavy atom. The molecule has 0 saturated heterocycles.